The summed E-state index contributed by atoms with van der Waals surface area (Å²) in [4.78, 5) is 34.2. The molecule has 2 aliphatic rings. The molecule has 0 spiro atoms. The molecule has 106 valence electrons. The van der Waals surface area contributed by atoms with Crippen molar-refractivity contribution < 1.29 is 9.59 Å². The van der Waals surface area contributed by atoms with Crippen LogP contribution in [0.2, 0.25) is 0 Å². The maximum Gasteiger partial charge on any atom is 0.355 e. The molecule has 0 radical (unpaired) electrons. The van der Waals surface area contributed by atoms with E-state index >= 15 is 0 Å². The zero-order valence-electron chi connectivity index (χ0n) is 12.0. The fourth-order valence-corrected chi connectivity index (χ4v) is 2.43. The maximum atomic E-state index is 12.6. The Kier molecular flexibility index (Phi) is 3.25. The second-order valence-electron chi connectivity index (χ2n) is 5.09. The summed E-state index contributed by atoms with van der Waals surface area (Å²) in [7, 11) is 0. The first-order valence-corrected chi connectivity index (χ1v) is 6.89. The van der Waals surface area contributed by atoms with Crippen LogP contribution in [0.5, 0.6) is 0 Å². The smallest absolute Gasteiger partial charge is 0.268 e. The van der Waals surface area contributed by atoms with Gasteiger partial charge in [-0.25, -0.2) is 9.69 Å². The van der Waals surface area contributed by atoms with Gasteiger partial charge >= 0.3 is 6.03 Å². The fourth-order valence-electron chi connectivity index (χ4n) is 2.43. The van der Waals surface area contributed by atoms with E-state index in [1.807, 2.05) is 26.0 Å². The largest absolute Gasteiger partial charge is 0.355 e. The minimum atomic E-state index is -0.532. The number of carbonyl (C=O) groups is 2. The van der Waals surface area contributed by atoms with Crippen LogP contribution < -0.4 is 4.90 Å². The summed E-state index contributed by atoms with van der Waals surface area (Å²) in [5, 5.41) is 0. The molecule has 1 aromatic carbocycles. The molecule has 1 aromatic rings. The van der Waals surface area contributed by atoms with E-state index in [4.69, 9.17) is 0 Å². The molecule has 5 nitrogen and oxygen atoms in total. The Morgan fingerprint density at radius 2 is 2.10 bits per heavy atom. The van der Waals surface area contributed by atoms with E-state index in [2.05, 4.69) is 9.98 Å². The number of fused-ring (bicyclic) bond motifs is 1. The highest BCUT2D eigenvalue weighted by Gasteiger charge is 2.35. The van der Waals surface area contributed by atoms with Crippen LogP contribution in [-0.2, 0) is 4.79 Å². The van der Waals surface area contributed by atoms with E-state index in [-0.39, 0.29) is 5.91 Å². The second kappa shape index (κ2) is 5.09. The molecule has 2 heterocycles. The maximum absolute atomic E-state index is 12.6. The van der Waals surface area contributed by atoms with E-state index in [0.717, 1.165) is 22.6 Å². The van der Waals surface area contributed by atoms with Crippen LogP contribution in [0.1, 0.15) is 25.3 Å². The number of urea groups is 1. The van der Waals surface area contributed by atoms with Gasteiger partial charge in [0.05, 0.1) is 17.0 Å². The number of aryl methyl sites for hydroxylation is 1. The SMILES string of the molecule is CCC1=NC=C2C(=O)N(c3cccc(C)c3)C(=O)N=C2C1. The lowest BCUT2D eigenvalue weighted by Crippen LogP contribution is -2.43. The number of amides is 3. The van der Waals surface area contributed by atoms with E-state index < -0.39 is 6.03 Å². The lowest BCUT2D eigenvalue weighted by Gasteiger charge is -2.27. The summed E-state index contributed by atoms with van der Waals surface area (Å²) in [5.41, 5.74) is 3.39. The molecular formula is C16H15N3O2. The summed E-state index contributed by atoms with van der Waals surface area (Å²) >= 11 is 0. The quantitative estimate of drug-likeness (QED) is 0.836. The number of anilines is 1. The number of aliphatic imine (C=N–C) groups is 2. The molecule has 0 atom stereocenters. The molecular weight excluding hydrogens is 266 g/mol. The van der Waals surface area contributed by atoms with Crippen molar-refractivity contribution in [3.05, 3.63) is 41.6 Å². The molecule has 3 rings (SSSR count). The molecule has 0 saturated carbocycles. The number of imide groups is 1. The van der Waals surface area contributed by atoms with Crippen molar-refractivity contribution in [3.63, 3.8) is 0 Å². The lowest BCUT2D eigenvalue weighted by atomic mass is 9.99. The summed E-state index contributed by atoms with van der Waals surface area (Å²) in [6, 6.07) is 6.71. The Balaban J connectivity index is 2.04. The lowest BCUT2D eigenvalue weighted by molar-refractivity contribution is -0.114. The highest BCUT2D eigenvalue weighted by atomic mass is 16.2. The van der Waals surface area contributed by atoms with Crippen LogP contribution in [0.25, 0.3) is 0 Å². The number of nitrogens with zero attached hydrogens (tertiary/aromatic N) is 3. The molecule has 0 saturated heterocycles. The van der Waals surface area contributed by atoms with Gasteiger partial charge in [0.25, 0.3) is 5.91 Å². The van der Waals surface area contributed by atoms with E-state index in [1.165, 1.54) is 6.20 Å². The van der Waals surface area contributed by atoms with E-state index in [1.54, 1.807) is 12.1 Å². The molecule has 5 heteroatoms. The van der Waals surface area contributed by atoms with Crippen LogP contribution in [0.4, 0.5) is 10.5 Å². The second-order valence-corrected chi connectivity index (χ2v) is 5.09. The zero-order chi connectivity index (χ0) is 15.0. The third-order valence-corrected chi connectivity index (χ3v) is 3.58. The predicted molar refractivity (Wildman–Crippen MR) is 81.9 cm³/mol. The number of carbonyl (C=O) groups excluding carboxylic acids is 2. The number of hydrogen-bond acceptors (Lipinski definition) is 3. The van der Waals surface area contributed by atoms with Crippen molar-refractivity contribution in [2.24, 2.45) is 9.98 Å². The molecule has 0 aromatic heterocycles. The predicted octanol–water partition coefficient (Wildman–Crippen LogP) is 3.04. The van der Waals surface area contributed by atoms with Crippen molar-refractivity contribution in [3.8, 4) is 0 Å². The molecule has 0 unspecified atom stereocenters. The molecule has 0 N–H and O–H groups in total. The van der Waals surface area contributed by atoms with Gasteiger partial charge in [0.1, 0.15) is 0 Å². The van der Waals surface area contributed by atoms with Crippen molar-refractivity contribution in [2.75, 3.05) is 4.90 Å². The van der Waals surface area contributed by atoms with Crippen LogP contribution in [0.15, 0.2) is 46.0 Å². The molecule has 0 fully saturated rings. The third-order valence-electron chi connectivity index (χ3n) is 3.58. The van der Waals surface area contributed by atoms with Gasteiger partial charge in [0.15, 0.2) is 0 Å². The van der Waals surface area contributed by atoms with Crippen LogP contribution in [-0.4, -0.2) is 23.4 Å². The first kappa shape index (κ1) is 13.4. The fraction of sp³-hybridized carbons (Fsp3) is 0.250. The number of benzene rings is 1. The molecule has 21 heavy (non-hydrogen) atoms. The average molecular weight is 281 g/mol. The van der Waals surface area contributed by atoms with Crippen molar-refractivity contribution in [2.45, 2.75) is 26.7 Å². The highest BCUT2D eigenvalue weighted by Crippen LogP contribution is 2.26. The van der Waals surface area contributed by atoms with E-state index in [9.17, 15) is 9.59 Å². The normalized spacial score (nSPS) is 18.0. The third kappa shape index (κ3) is 2.31. The summed E-state index contributed by atoms with van der Waals surface area (Å²) in [6.07, 6.45) is 2.78. The van der Waals surface area contributed by atoms with Gasteiger partial charge < -0.3 is 0 Å². The first-order valence-electron chi connectivity index (χ1n) is 6.89. The summed E-state index contributed by atoms with van der Waals surface area (Å²) in [5.74, 6) is -0.352. The Hall–Kier alpha value is -2.56. The number of hydrogen-bond donors (Lipinski definition) is 0. The van der Waals surface area contributed by atoms with Crippen molar-refractivity contribution >= 4 is 29.0 Å². The molecule has 0 bridgehead atoms. The van der Waals surface area contributed by atoms with Gasteiger partial charge in [0, 0.05) is 18.3 Å². The van der Waals surface area contributed by atoms with Gasteiger partial charge in [-0.2, -0.15) is 4.99 Å². The minimum Gasteiger partial charge on any atom is -0.268 e. The highest BCUT2D eigenvalue weighted by molar-refractivity contribution is 6.40. The Labute approximate surface area is 122 Å². The molecule has 0 aliphatic carbocycles. The van der Waals surface area contributed by atoms with Crippen molar-refractivity contribution in [1.82, 2.24) is 0 Å². The van der Waals surface area contributed by atoms with Gasteiger partial charge in [-0.05, 0) is 31.0 Å². The van der Waals surface area contributed by atoms with Crippen LogP contribution in [0.3, 0.4) is 0 Å². The zero-order valence-corrected chi connectivity index (χ0v) is 12.0. The average Bonchev–Trinajstić information content (AvgIpc) is 2.46. The van der Waals surface area contributed by atoms with Crippen LogP contribution in [0, 0.1) is 6.92 Å². The van der Waals surface area contributed by atoms with Crippen molar-refractivity contribution in [1.29, 1.82) is 0 Å². The standard InChI is InChI=1S/C16H15N3O2/c1-3-11-8-14-13(9-17-11)15(20)19(16(21)18-14)12-6-4-5-10(2)7-12/h4-7,9H,3,8H2,1-2H3. The van der Waals surface area contributed by atoms with Gasteiger partial charge in [-0.3, -0.25) is 9.79 Å². The van der Waals surface area contributed by atoms with Crippen LogP contribution >= 0.6 is 0 Å². The summed E-state index contributed by atoms with van der Waals surface area (Å²) < 4.78 is 0. The molecule has 2 aliphatic heterocycles. The minimum absolute atomic E-state index is 0.352. The Morgan fingerprint density at radius 3 is 2.81 bits per heavy atom. The number of rotatable bonds is 2. The van der Waals surface area contributed by atoms with Gasteiger partial charge in [0.2, 0.25) is 0 Å². The Morgan fingerprint density at radius 1 is 1.29 bits per heavy atom. The van der Waals surface area contributed by atoms with Gasteiger partial charge in [-0.15, -0.1) is 0 Å². The molecule has 3 amide bonds. The summed E-state index contributed by atoms with van der Waals surface area (Å²) in [6.45, 7) is 3.90. The van der Waals surface area contributed by atoms with Gasteiger partial charge in [-0.1, -0.05) is 19.1 Å². The Bertz CT molecular complexity index is 729. The topological polar surface area (TPSA) is 62.1 Å². The first-order chi connectivity index (χ1) is 10.1. The monoisotopic (exact) mass is 281 g/mol. The van der Waals surface area contributed by atoms with E-state index in [0.29, 0.717) is 23.4 Å².